The van der Waals surface area contributed by atoms with Gasteiger partial charge in [-0.1, -0.05) is 61.3 Å². The first-order chi connectivity index (χ1) is 11.6. The lowest BCUT2D eigenvalue weighted by Crippen LogP contribution is -2.22. The smallest absolute Gasteiger partial charge is 0.0839 e. The van der Waals surface area contributed by atoms with Crippen LogP contribution in [0.5, 0.6) is 0 Å². The Balaban J connectivity index is 2.12. The van der Waals surface area contributed by atoms with Crippen LogP contribution >= 0.6 is 23.2 Å². The number of hydrogen-bond acceptors (Lipinski definition) is 2. The van der Waals surface area contributed by atoms with Gasteiger partial charge in [0.25, 0.3) is 0 Å². The molecule has 24 heavy (non-hydrogen) atoms. The molecular weight excluding hydrogens is 341 g/mol. The number of hydrogen-bond donors (Lipinski definition) is 1. The van der Waals surface area contributed by atoms with Crippen LogP contribution < -0.4 is 5.32 Å². The van der Waals surface area contributed by atoms with Crippen LogP contribution in [0.1, 0.15) is 19.4 Å². The van der Waals surface area contributed by atoms with E-state index in [0.29, 0.717) is 16.1 Å². The van der Waals surface area contributed by atoms with E-state index in [1.165, 1.54) is 0 Å². The molecule has 1 aromatic heterocycles. The number of benzene rings is 2. The number of rotatable bonds is 5. The van der Waals surface area contributed by atoms with Gasteiger partial charge in [-0.2, -0.15) is 5.10 Å². The van der Waals surface area contributed by atoms with Crippen LogP contribution in [0.3, 0.4) is 0 Å². The van der Waals surface area contributed by atoms with Crippen LogP contribution in [0.4, 0.5) is 0 Å². The zero-order valence-corrected chi connectivity index (χ0v) is 15.1. The van der Waals surface area contributed by atoms with E-state index in [4.69, 9.17) is 23.2 Å². The molecule has 3 nitrogen and oxygen atoms in total. The van der Waals surface area contributed by atoms with Crippen molar-refractivity contribution in [1.82, 2.24) is 15.1 Å². The number of nitrogens with zero attached hydrogens (tertiary/aromatic N) is 2. The van der Waals surface area contributed by atoms with Crippen molar-refractivity contribution in [3.05, 3.63) is 70.3 Å². The van der Waals surface area contributed by atoms with Crippen LogP contribution in [0.25, 0.3) is 16.9 Å². The molecule has 0 unspecified atom stereocenters. The van der Waals surface area contributed by atoms with Crippen molar-refractivity contribution in [2.75, 3.05) is 0 Å². The molecule has 1 heterocycles. The Morgan fingerprint density at radius 2 is 1.75 bits per heavy atom. The largest absolute Gasteiger partial charge is 0.310 e. The molecule has 0 amide bonds. The Morgan fingerprint density at radius 3 is 2.42 bits per heavy atom. The first kappa shape index (κ1) is 17.0. The zero-order valence-electron chi connectivity index (χ0n) is 13.6. The minimum atomic E-state index is 0.395. The number of para-hydroxylation sites is 1. The monoisotopic (exact) mass is 359 g/mol. The third-order valence-corrected chi connectivity index (χ3v) is 4.32. The maximum absolute atomic E-state index is 6.38. The van der Waals surface area contributed by atoms with Crippen LogP contribution in [-0.4, -0.2) is 15.8 Å². The fraction of sp³-hybridized carbons (Fsp3) is 0.211. The summed E-state index contributed by atoms with van der Waals surface area (Å²) >= 11 is 12.4. The molecule has 0 aliphatic heterocycles. The summed E-state index contributed by atoms with van der Waals surface area (Å²) in [5.74, 6) is 0. The van der Waals surface area contributed by atoms with Crippen LogP contribution in [0.2, 0.25) is 10.0 Å². The van der Waals surface area contributed by atoms with Gasteiger partial charge in [-0.05, 0) is 24.3 Å². The molecule has 124 valence electrons. The fourth-order valence-electron chi connectivity index (χ4n) is 2.55. The number of halogens is 2. The van der Waals surface area contributed by atoms with Crippen molar-refractivity contribution in [3.63, 3.8) is 0 Å². The Kier molecular flexibility index (Phi) is 5.24. The van der Waals surface area contributed by atoms with Gasteiger partial charge in [0.15, 0.2) is 0 Å². The first-order valence-electron chi connectivity index (χ1n) is 7.87. The molecule has 0 aliphatic rings. The summed E-state index contributed by atoms with van der Waals surface area (Å²) in [6, 6.07) is 15.9. The molecule has 0 bridgehead atoms. The van der Waals surface area contributed by atoms with E-state index in [2.05, 4.69) is 24.3 Å². The molecular formula is C19H19Cl2N3. The summed E-state index contributed by atoms with van der Waals surface area (Å²) in [6.45, 7) is 4.99. The Labute approximate surface area is 152 Å². The molecule has 3 rings (SSSR count). The molecule has 0 radical (unpaired) electrons. The minimum Gasteiger partial charge on any atom is -0.310 e. The lowest BCUT2D eigenvalue weighted by atomic mass is 10.1. The van der Waals surface area contributed by atoms with E-state index < -0.39 is 0 Å². The topological polar surface area (TPSA) is 29.9 Å². The summed E-state index contributed by atoms with van der Waals surface area (Å²) < 4.78 is 1.89. The summed E-state index contributed by atoms with van der Waals surface area (Å²) in [5, 5.41) is 9.41. The van der Waals surface area contributed by atoms with E-state index in [0.717, 1.165) is 29.1 Å². The van der Waals surface area contributed by atoms with Crippen molar-refractivity contribution in [1.29, 1.82) is 0 Å². The number of aromatic nitrogens is 2. The zero-order chi connectivity index (χ0) is 17.1. The molecule has 0 spiro atoms. The third-order valence-electron chi connectivity index (χ3n) is 3.74. The lowest BCUT2D eigenvalue weighted by molar-refractivity contribution is 0.589. The van der Waals surface area contributed by atoms with Crippen LogP contribution in [-0.2, 0) is 6.54 Å². The standard InChI is InChI=1S/C19H19Cl2N3/c1-13(2)22-11-15-12-23-24(18-6-4-3-5-17(18)21)19(15)14-7-9-16(20)10-8-14/h3-10,12-13,22H,11H2,1-2H3. The molecule has 0 atom stereocenters. The quantitative estimate of drug-likeness (QED) is 0.665. The van der Waals surface area contributed by atoms with E-state index in [1.807, 2.05) is 59.4 Å². The highest BCUT2D eigenvalue weighted by Gasteiger charge is 2.16. The minimum absolute atomic E-state index is 0.395. The number of nitrogens with one attached hydrogen (secondary N) is 1. The van der Waals surface area contributed by atoms with Gasteiger partial charge in [0.05, 0.1) is 22.6 Å². The summed E-state index contributed by atoms with van der Waals surface area (Å²) in [6.07, 6.45) is 1.89. The predicted octanol–water partition coefficient (Wildman–Crippen LogP) is 5.34. The van der Waals surface area contributed by atoms with E-state index in [9.17, 15) is 0 Å². The third kappa shape index (κ3) is 3.64. The SMILES string of the molecule is CC(C)NCc1cnn(-c2ccccc2Cl)c1-c1ccc(Cl)cc1. The molecule has 3 aromatic rings. The van der Waals surface area contributed by atoms with E-state index >= 15 is 0 Å². The van der Waals surface area contributed by atoms with Gasteiger partial charge in [-0.15, -0.1) is 0 Å². The highest BCUT2D eigenvalue weighted by atomic mass is 35.5. The van der Waals surface area contributed by atoms with Crippen molar-refractivity contribution in [2.24, 2.45) is 0 Å². The highest BCUT2D eigenvalue weighted by Crippen LogP contribution is 2.30. The van der Waals surface area contributed by atoms with E-state index in [-0.39, 0.29) is 0 Å². The molecule has 0 saturated heterocycles. The van der Waals surface area contributed by atoms with Crippen LogP contribution in [0, 0.1) is 0 Å². The molecule has 0 saturated carbocycles. The second-order valence-corrected chi connectivity index (χ2v) is 6.77. The Morgan fingerprint density at radius 1 is 1.04 bits per heavy atom. The van der Waals surface area contributed by atoms with Crippen molar-refractivity contribution in [2.45, 2.75) is 26.4 Å². The summed E-state index contributed by atoms with van der Waals surface area (Å²) in [4.78, 5) is 0. The highest BCUT2D eigenvalue weighted by molar-refractivity contribution is 6.32. The summed E-state index contributed by atoms with van der Waals surface area (Å²) in [5.41, 5.74) is 4.05. The van der Waals surface area contributed by atoms with Gasteiger partial charge in [0.2, 0.25) is 0 Å². The second-order valence-electron chi connectivity index (χ2n) is 5.92. The Bertz CT molecular complexity index is 823. The van der Waals surface area contributed by atoms with Crippen LogP contribution in [0.15, 0.2) is 54.7 Å². The van der Waals surface area contributed by atoms with Crippen molar-refractivity contribution < 1.29 is 0 Å². The molecule has 0 aliphatic carbocycles. The van der Waals surface area contributed by atoms with Gasteiger partial charge >= 0.3 is 0 Å². The normalized spacial score (nSPS) is 11.2. The van der Waals surface area contributed by atoms with Gasteiger partial charge in [-0.3, -0.25) is 0 Å². The maximum Gasteiger partial charge on any atom is 0.0839 e. The summed E-state index contributed by atoms with van der Waals surface area (Å²) in [7, 11) is 0. The van der Waals surface area contributed by atoms with Gasteiger partial charge < -0.3 is 5.32 Å². The average molecular weight is 360 g/mol. The van der Waals surface area contributed by atoms with Crippen molar-refractivity contribution in [3.8, 4) is 16.9 Å². The average Bonchev–Trinajstić information content (AvgIpc) is 2.98. The van der Waals surface area contributed by atoms with Crippen molar-refractivity contribution >= 4 is 23.2 Å². The van der Waals surface area contributed by atoms with Gasteiger partial charge in [-0.25, -0.2) is 4.68 Å². The Hall–Kier alpha value is -1.81. The first-order valence-corrected chi connectivity index (χ1v) is 8.63. The second kappa shape index (κ2) is 7.39. The molecule has 5 heteroatoms. The van der Waals surface area contributed by atoms with Gasteiger partial charge in [0.1, 0.15) is 0 Å². The lowest BCUT2D eigenvalue weighted by Gasteiger charge is -2.13. The molecule has 0 fully saturated rings. The fourth-order valence-corrected chi connectivity index (χ4v) is 2.89. The molecule has 1 N–H and O–H groups in total. The van der Waals surface area contributed by atoms with Gasteiger partial charge in [0, 0.05) is 28.7 Å². The molecule has 2 aromatic carbocycles. The predicted molar refractivity (Wildman–Crippen MR) is 101 cm³/mol. The maximum atomic E-state index is 6.38. The van der Waals surface area contributed by atoms with E-state index in [1.54, 1.807) is 0 Å².